The molecule has 0 saturated heterocycles. The number of hydrogen-bond acceptors (Lipinski definition) is 0. The van der Waals surface area contributed by atoms with Crippen LogP contribution in [-0.2, 0) is 18.9 Å². The van der Waals surface area contributed by atoms with Gasteiger partial charge in [-0.15, -0.1) is 81.2 Å². The second-order valence-electron chi connectivity index (χ2n) is 5.90. The van der Waals surface area contributed by atoms with Crippen molar-refractivity contribution in [2.45, 2.75) is 20.8 Å². The van der Waals surface area contributed by atoms with Crippen LogP contribution in [0.25, 0.3) is 21.5 Å². The summed E-state index contributed by atoms with van der Waals surface area (Å²) in [7, 11) is 10.7. The summed E-state index contributed by atoms with van der Waals surface area (Å²) in [5, 5.41) is 5.39. The van der Waals surface area contributed by atoms with E-state index in [1.54, 1.807) is 0 Å². The molecule has 0 aliphatic rings. The Balaban J connectivity index is 0.000000384. The van der Waals surface area contributed by atoms with Crippen molar-refractivity contribution in [3.8, 4) is 0 Å². The molecule has 4 aromatic carbocycles. The van der Waals surface area contributed by atoms with Gasteiger partial charge in [0.15, 0.2) is 0 Å². The second kappa shape index (κ2) is 13.2. The third-order valence-corrected chi connectivity index (χ3v) is 7.40. The van der Waals surface area contributed by atoms with E-state index in [1.165, 1.54) is 32.7 Å². The second-order valence-corrected chi connectivity index (χ2v) is 14.7. The van der Waals surface area contributed by atoms with Gasteiger partial charge in [-0.25, -0.2) is 0 Å². The molecule has 4 rings (SSSR count). The first-order valence-electron chi connectivity index (χ1n) is 8.21. The van der Waals surface area contributed by atoms with Gasteiger partial charge in [0, 0.05) is 0 Å². The molecule has 146 valence electrons. The van der Waals surface area contributed by atoms with E-state index >= 15 is 0 Å². The van der Waals surface area contributed by atoms with Crippen molar-refractivity contribution in [1.29, 1.82) is 0 Å². The molecule has 0 heterocycles. The maximum atomic E-state index is 5.37. The molecule has 3 heteroatoms. The molecule has 0 nitrogen and oxygen atoms in total. The zero-order valence-electron chi connectivity index (χ0n) is 16.8. The van der Waals surface area contributed by atoms with Crippen molar-refractivity contribution in [3.05, 3.63) is 98.8 Å². The molecule has 4 aromatic rings. The molecule has 0 N–H and O–H groups in total. The van der Waals surface area contributed by atoms with E-state index in [2.05, 4.69) is 86.6 Å². The first-order valence-corrected chi connectivity index (χ1v) is 16.0. The van der Waals surface area contributed by atoms with E-state index < -0.39 is 18.9 Å². The predicted octanol–water partition coefficient (Wildman–Crippen LogP) is 8.37. The van der Waals surface area contributed by atoms with Crippen molar-refractivity contribution >= 4 is 42.3 Å². The number of aryl methyl sites for hydroxylation is 2. The van der Waals surface area contributed by atoms with Crippen LogP contribution in [0.5, 0.6) is 0 Å². The molecule has 0 amide bonds. The maximum Gasteiger partial charge on any atom is -0.0579 e. The smallest absolute Gasteiger partial charge is 0.0579 e. The summed E-state index contributed by atoms with van der Waals surface area (Å²) in [6.07, 6.45) is 0. The molecule has 0 spiro atoms. The minimum atomic E-state index is -1.76. The molecule has 0 aliphatic heterocycles. The predicted molar refractivity (Wildman–Crippen MR) is 125 cm³/mol. The average molecular weight is 479 g/mol. The molecule has 27 heavy (non-hydrogen) atoms. The molecule has 0 bridgehead atoms. The van der Waals surface area contributed by atoms with Crippen molar-refractivity contribution < 1.29 is 18.9 Å². The van der Waals surface area contributed by atoms with Crippen LogP contribution in [0, 0.1) is 28.7 Å². The summed E-state index contributed by atoms with van der Waals surface area (Å²) in [5.41, 5.74) is 2.70. The van der Waals surface area contributed by atoms with Gasteiger partial charge in [-0.05, 0) is 0 Å². The average Bonchev–Trinajstić information content (AvgIpc) is 3.16. The number of fused-ring (bicyclic) bond motifs is 2. The Bertz CT molecular complexity index is 819. The third-order valence-electron chi connectivity index (χ3n) is 3.74. The van der Waals surface area contributed by atoms with E-state index in [0.29, 0.717) is 0 Å². The van der Waals surface area contributed by atoms with Gasteiger partial charge in [0.05, 0.1) is 0 Å². The molecule has 0 aromatic heterocycles. The Morgan fingerprint density at radius 3 is 1.37 bits per heavy atom. The fraction of sp³-hybridized carbons (Fsp3) is 0.125. The minimum Gasteiger partial charge on any atom is -0.358 e. The van der Waals surface area contributed by atoms with Crippen LogP contribution in [0.2, 0.25) is 0 Å². The molecule has 0 saturated carbocycles. The van der Waals surface area contributed by atoms with Crippen LogP contribution in [0.15, 0.2) is 72.8 Å². The molecular formula is C24H28Cl2Zr-4. The van der Waals surface area contributed by atoms with Gasteiger partial charge in [0.25, 0.3) is 0 Å². The van der Waals surface area contributed by atoms with Crippen molar-refractivity contribution in [2.75, 3.05) is 0 Å². The van der Waals surface area contributed by atoms with Crippen LogP contribution in [-0.4, -0.2) is 3.71 Å². The Kier molecular flexibility index (Phi) is 12.7. The molecule has 0 atom stereocenters. The Morgan fingerprint density at radius 1 is 0.741 bits per heavy atom. The van der Waals surface area contributed by atoms with Crippen LogP contribution in [0.4, 0.5) is 0 Å². The van der Waals surface area contributed by atoms with Gasteiger partial charge in [0.1, 0.15) is 0 Å². The van der Waals surface area contributed by atoms with E-state index in [1.807, 2.05) is 10.6 Å². The molecule has 0 radical (unpaired) electrons. The fourth-order valence-corrected chi connectivity index (χ4v) is 2.61. The summed E-state index contributed by atoms with van der Waals surface area (Å²) in [6, 6.07) is 25.7. The first-order chi connectivity index (χ1) is 12.0. The van der Waals surface area contributed by atoms with Gasteiger partial charge in [-0.3, -0.25) is 0 Å². The van der Waals surface area contributed by atoms with E-state index in [0.717, 1.165) is 0 Å². The Morgan fingerprint density at radius 2 is 1.07 bits per heavy atom. The number of rotatable bonds is 0. The van der Waals surface area contributed by atoms with Crippen LogP contribution in [0.1, 0.15) is 18.1 Å². The van der Waals surface area contributed by atoms with Crippen LogP contribution >= 0.6 is 17.0 Å². The van der Waals surface area contributed by atoms with E-state index in [4.69, 9.17) is 17.0 Å². The van der Waals surface area contributed by atoms with Gasteiger partial charge in [-0.2, -0.15) is 12.1 Å². The number of benzene rings is 2. The molecule has 0 unspecified atom stereocenters. The Labute approximate surface area is 179 Å². The van der Waals surface area contributed by atoms with Crippen LogP contribution < -0.4 is 0 Å². The SMILES string of the molecule is C[CH]=[Zr]([Cl])[Cl].Cc1cc2ccccc2[cH-]1.Cc1cc2ccccc2[cH-]1.[CH3-].[CH3-]. The zero-order valence-corrected chi connectivity index (χ0v) is 20.7. The summed E-state index contributed by atoms with van der Waals surface area (Å²) in [5.74, 6) is 0. The van der Waals surface area contributed by atoms with Crippen LogP contribution in [0.3, 0.4) is 0 Å². The van der Waals surface area contributed by atoms with Gasteiger partial charge < -0.3 is 14.9 Å². The largest absolute Gasteiger partial charge is 0.358 e. The third kappa shape index (κ3) is 8.69. The quantitative estimate of drug-likeness (QED) is 0.223. The summed E-state index contributed by atoms with van der Waals surface area (Å²) < 4.78 is 1.89. The fourth-order valence-electron chi connectivity index (χ4n) is 2.61. The zero-order chi connectivity index (χ0) is 18.2. The summed E-state index contributed by atoms with van der Waals surface area (Å²) >= 11 is -1.76. The standard InChI is InChI=1S/2C10H9.C2H4.2CH3.2ClH.Zr/c2*1-8-6-9-4-2-3-5-10(9)7-8;1-2;;;;;/h2*2-7H,1H3;1H,2H3;2*1H3;2*1H;/q2*-1;;2*-1;;;+2/p-2. The number of hydrogen-bond donors (Lipinski definition) is 0. The molecule has 0 fully saturated rings. The molecular weight excluding hydrogens is 450 g/mol. The summed E-state index contributed by atoms with van der Waals surface area (Å²) in [6.45, 7) is 6.15. The van der Waals surface area contributed by atoms with Gasteiger partial charge >= 0.3 is 46.5 Å². The number of halogens is 2. The van der Waals surface area contributed by atoms with Crippen molar-refractivity contribution in [1.82, 2.24) is 0 Å². The van der Waals surface area contributed by atoms with Gasteiger partial charge in [-0.1, -0.05) is 26.0 Å². The topological polar surface area (TPSA) is 0 Å². The Hall–Kier alpha value is -1.01. The van der Waals surface area contributed by atoms with E-state index in [-0.39, 0.29) is 14.9 Å². The first kappa shape index (κ1) is 26.0. The monoisotopic (exact) mass is 476 g/mol. The minimum absolute atomic E-state index is 0. The normalized spacial score (nSPS) is 9.07. The van der Waals surface area contributed by atoms with Gasteiger partial charge in [0.2, 0.25) is 0 Å². The van der Waals surface area contributed by atoms with Crippen molar-refractivity contribution in [2.24, 2.45) is 0 Å². The molecule has 0 aliphatic carbocycles. The van der Waals surface area contributed by atoms with E-state index in [9.17, 15) is 0 Å². The summed E-state index contributed by atoms with van der Waals surface area (Å²) in [4.78, 5) is 0. The maximum absolute atomic E-state index is 5.37. The van der Waals surface area contributed by atoms with Crippen molar-refractivity contribution in [3.63, 3.8) is 0 Å².